The number of aliphatic hydroxyl groups is 1. The Kier molecular flexibility index (Phi) is 13.8. The third-order valence-corrected chi connectivity index (χ3v) is 4.66. The SMILES string of the molecule is CC(C)C(NC(=O)C(CCCN=C(N)N)NC(=O)C(N)CCC(N)=O)C(=O)NC(CO)C(=O)O. The number of carboxylic acid groups (broad SMARTS) is 1. The fourth-order valence-electron chi connectivity index (χ4n) is 2.72. The van der Waals surface area contributed by atoms with E-state index in [1.165, 1.54) is 0 Å². The number of aliphatic imine (C=N–C) groups is 1. The van der Waals surface area contributed by atoms with Crippen LogP contribution in [0.3, 0.4) is 0 Å². The molecular formula is C19H36N8O7. The van der Waals surface area contributed by atoms with Crippen molar-refractivity contribution in [2.75, 3.05) is 13.2 Å². The number of carbonyl (C=O) groups is 5. The molecule has 0 aromatic heterocycles. The predicted molar refractivity (Wildman–Crippen MR) is 122 cm³/mol. The minimum Gasteiger partial charge on any atom is -0.480 e. The molecule has 0 aliphatic rings. The van der Waals surface area contributed by atoms with Crippen LogP contribution in [0.4, 0.5) is 0 Å². The van der Waals surface area contributed by atoms with Crippen LogP contribution in [0, 0.1) is 5.92 Å². The van der Waals surface area contributed by atoms with Gasteiger partial charge in [0.1, 0.15) is 18.1 Å². The second-order valence-electron chi connectivity index (χ2n) is 7.93. The third-order valence-electron chi connectivity index (χ3n) is 4.66. The third kappa shape index (κ3) is 12.0. The lowest BCUT2D eigenvalue weighted by Gasteiger charge is -2.26. The Labute approximate surface area is 197 Å². The highest BCUT2D eigenvalue weighted by molar-refractivity contribution is 5.94. The average Bonchev–Trinajstić information content (AvgIpc) is 2.74. The lowest BCUT2D eigenvalue weighted by molar-refractivity contribution is -0.143. The maximum absolute atomic E-state index is 12.9. The Morgan fingerprint density at radius 1 is 0.882 bits per heavy atom. The second kappa shape index (κ2) is 15.4. The quantitative estimate of drug-likeness (QED) is 0.0573. The van der Waals surface area contributed by atoms with E-state index in [2.05, 4.69) is 20.9 Å². The number of primary amides is 1. The lowest BCUT2D eigenvalue weighted by atomic mass is 10.0. The van der Waals surface area contributed by atoms with Crippen molar-refractivity contribution < 1.29 is 34.2 Å². The van der Waals surface area contributed by atoms with Gasteiger partial charge in [-0.05, 0) is 25.2 Å². The zero-order valence-corrected chi connectivity index (χ0v) is 19.3. The van der Waals surface area contributed by atoms with Gasteiger partial charge in [0.2, 0.25) is 23.6 Å². The van der Waals surface area contributed by atoms with Crippen LogP contribution < -0.4 is 38.9 Å². The molecular weight excluding hydrogens is 452 g/mol. The molecule has 0 saturated heterocycles. The molecule has 15 nitrogen and oxygen atoms in total. The maximum Gasteiger partial charge on any atom is 0.328 e. The molecule has 0 heterocycles. The molecule has 0 aliphatic carbocycles. The summed E-state index contributed by atoms with van der Waals surface area (Å²) in [4.78, 5) is 63.7. The first-order valence-electron chi connectivity index (χ1n) is 10.6. The van der Waals surface area contributed by atoms with Crippen LogP contribution in [0.5, 0.6) is 0 Å². The number of carbonyl (C=O) groups excluding carboxylic acids is 4. The van der Waals surface area contributed by atoms with Gasteiger partial charge >= 0.3 is 5.97 Å². The van der Waals surface area contributed by atoms with Crippen LogP contribution in [0.2, 0.25) is 0 Å². The van der Waals surface area contributed by atoms with Crippen molar-refractivity contribution >= 4 is 35.6 Å². The first-order chi connectivity index (χ1) is 15.8. The normalized spacial score (nSPS) is 14.3. The van der Waals surface area contributed by atoms with E-state index in [1.807, 2.05) is 0 Å². The minimum absolute atomic E-state index is 0.0295. The topological polar surface area (TPSA) is 278 Å². The zero-order chi connectivity index (χ0) is 26.4. The molecule has 194 valence electrons. The molecule has 0 bridgehead atoms. The molecule has 0 radical (unpaired) electrons. The number of aliphatic hydroxyl groups excluding tert-OH is 1. The summed E-state index contributed by atoms with van der Waals surface area (Å²) in [5.41, 5.74) is 21.4. The highest BCUT2D eigenvalue weighted by Gasteiger charge is 2.31. The van der Waals surface area contributed by atoms with E-state index in [0.717, 1.165) is 0 Å². The summed E-state index contributed by atoms with van der Waals surface area (Å²) in [6.45, 7) is 2.56. The summed E-state index contributed by atoms with van der Waals surface area (Å²) in [5.74, 6) is -4.96. The summed E-state index contributed by atoms with van der Waals surface area (Å²) in [7, 11) is 0. The molecule has 0 spiro atoms. The summed E-state index contributed by atoms with van der Waals surface area (Å²) >= 11 is 0. The highest BCUT2D eigenvalue weighted by atomic mass is 16.4. The van der Waals surface area contributed by atoms with E-state index in [-0.39, 0.29) is 38.2 Å². The lowest BCUT2D eigenvalue weighted by Crippen LogP contribution is -2.58. The van der Waals surface area contributed by atoms with E-state index >= 15 is 0 Å². The smallest absolute Gasteiger partial charge is 0.328 e. The van der Waals surface area contributed by atoms with Gasteiger partial charge in [-0.25, -0.2) is 4.79 Å². The molecule has 0 saturated carbocycles. The van der Waals surface area contributed by atoms with Crippen molar-refractivity contribution in [3.05, 3.63) is 0 Å². The molecule has 13 N–H and O–H groups in total. The molecule has 0 fully saturated rings. The van der Waals surface area contributed by atoms with Crippen LogP contribution in [0.15, 0.2) is 4.99 Å². The number of nitrogens with one attached hydrogen (secondary N) is 3. The molecule has 4 amide bonds. The van der Waals surface area contributed by atoms with Gasteiger partial charge in [-0.1, -0.05) is 13.8 Å². The zero-order valence-electron chi connectivity index (χ0n) is 19.3. The van der Waals surface area contributed by atoms with Gasteiger partial charge < -0.3 is 49.1 Å². The number of aliphatic carboxylic acids is 1. The molecule has 4 unspecified atom stereocenters. The number of carboxylic acids is 1. The van der Waals surface area contributed by atoms with E-state index in [9.17, 15) is 24.0 Å². The summed E-state index contributed by atoms with van der Waals surface area (Å²) < 4.78 is 0. The molecule has 0 aromatic carbocycles. The number of hydrogen-bond donors (Lipinski definition) is 9. The van der Waals surface area contributed by atoms with Crippen LogP contribution >= 0.6 is 0 Å². The Bertz CT molecular complexity index is 755. The van der Waals surface area contributed by atoms with Gasteiger partial charge in [0.15, 0.2) is 5.96 Å². The van der Waals surface area contributed by atoms with Crippen molar-refractivity contribution in [2.45, 2.75) is 63.7 Å². The van der Waals surface area contributed by atoms with Crippen LogP contribution in [0.1, 0.15) is 39.5 Å². The highest BCUT2D eigenvalue weighted by Crippen LogP contribution is 2.07. The molecule has 4 atom stereocenters. The first kappa shape index (κ1) is 30.5. The van der Waals surface area contributed by atoms with Crippen molar-refractivity contribution in [1.29, 1.82) is 0 Å². The maximum atomic E-state index is 12.9. The van der Waals surface area contributed by atoms with Crippen molar-refractivity contribution in [2.24, 2.45) is 33.8 Å². The predicted octanol–water partition coefficient (Wildman–Crippen LogP) is -4.18. The number of nitrogens with zero attached hydrogens (tertiary/aromatic N) is 1. The number of hydrogen-bond acceptors (Lipinski definition) is 8. The molecule has 0 aromatic rings. The average molecular weight is 489 g/mol. The van der Waals surface area contributed by atoms with Crippen molar-refractivity contribution in [3.8, 4) is 0 Å². The van der Waals surface area contributed by atoms with E-state index in [4.69, 9.17) is 33.1 Å². The Balaban J connectivity index is 5.45. The van der Waals surface area contributed by atoms with Crippen molar-refractivity contribution in [3.63, 3.8) is 0 Å². The van der Waals surface area contributed by atoms with E-state index in [0.29, 0.717) is 0 Å². The van der Waals surface area contributed by atoms with Crippen LogP contribution in [0.25, 0.3) is 0 Å². The summed E-state index contributed by atoms with van der Waals surface area (Å²) in [6, 6.07) is -4.96. The van der Waals surface area contributed by atoms with Gasteiger partial charge in [0.25, 0.3) is 0 Å². The monoisotopic (exact) mass is 488 g/mol. The van der Waals surface area contributed by atoms with Gasteiger partial charge in [-0.3, -0.25) is 24.2 Å². The van der Waals surface area contributed by atoms with E-state index < -0.39 is 66.3 Å². The van der Waals surface area contributed by atoms with Gasteiger partial charge in [0, 0.05) is 13.0 Å². The number of nitrogens with two attached hydrogens (primary N) is 4. The standard InChI is InChI=1S/C19H36N8O7/c1-9(2)14(17(32)26-12(8-28)18(33)34)27-16(31)11(4-3-7-24-19(22)23)25-15(30)10(20)5-6-13(21)29/h9-12,14,28H,3-8,20H2,1-2H3,(H2,21,29)(H,25,30)(H,26,32)(H,27,31)(H,33,34)(H4,22,23,24). The largest absolute Gasteiger partial charge is 0.480 e. The number of rotatable bonds is 16. The summed E-state index contributed by atoms with van der Waals surface area (Å²) in [6.07, 6.45) is 0.216. The molecule has 34 heavy (non-hydrogen) atoms. The Morgan fingerprint density at radius 2 is 1.47 bits per heavy atom. The van der Waals surface area contributed by atoms with Gasteiger partial charge in [-0.2, -0.15) is 0 Å². The number of guanidine groups is 1. The summed E-state index contributed by atoms with van der Waals surface area (Å²) in [5, 5.41) is 25.3. The van der Waals surface area contributed by atoms with Crippen LogP contribution in [-0.2, 0) is 24.0 Å². The second-order valence-corrected chi connectivity index (χ2v) is 7.93. The fraction of sp³-hybridized carbons (Fsp3) is 0.684. The molecule has 0 rings (SSSR count). The fourth-order valence-corrected chi connectivity index (χ4v) is 2.72. The van der Waals surface area contributed by atoms with Gasteiger partial charge in [-0.15, -0.1) is 0 Å². The Morgan fingerprint density at radius 3 is 1.94 bits per heavy atom. The molecule has 15 heteroatoms. The van der Waals surface area contributed by atoms with E-state index in [1.54, 1.807) is 13.8 Å². The Hall–Kier alpha value is -3.46. The number of amides is 4. The molecule has 0 aliphatic heterocycles. The minimum atomic E-state index is -1.55. The van der Waals surface area contributed by atoms with Crippen LogP contribution in [-0.4, -0.2) is 83.1 Å². The van der Waals surface area contributed by atoms with Gasteiger partial charge in [0.05, 0.1) is 12.6 Å². The first-order valence-corrected chi connectivity index (χ1v) is 10.6. The van der Waals surface area contributed by atoms with Crippen molar-refractivity contribution in [1.82, 2.24) is 16.0 Å².